The van der Waals surface area contributed by atoms with Crippen LogP contribution in [0.5, 0.6) is 0 Å². The van der Waals surface area contributed by atoms with E-state index in [1.54, 1.807) is 6.92 Å². The number of halogens is 1. The van der Waals surface area contributed by atoms with Crippen LogP contribution in [0.3, 0.4) is 0 Å². The van der Waals surface area contributed by atoms with Crippen molar-refractivity contribution in [2.45, 2.75) is 24.7 Å². The van der Waals surface area contributed by atoms with Gasteiger partial charge in [-0.1, -0.05) is 16.1 Å². The van der Waals surface area contributed by atoms with Crippen LogP contribution < -0.4 is 5.32 Å². The number of piperidine rings is 1. The maximum absolute atomic E-state index is 12.9. The minimum absolute atomic E-state index is 0.0394. The molecule has 1 amide bonds. The highest BCUT2D eigenvalue weighted by molar-refractivity contribution is 7.89. The van der Waals surface area contributed by atoms with Gasteiger partial charge in [-0.25, -0.2) is 13.2 Å². The van der Waals surface area contributed by atoms with Crippen LogP contribution in [0.25, 0.3) is 0 Å². The minimum atomic E-state index is -3.74. The van der Waals surface area contributed by atoms with Gasteiger partial charge in [-0.05, 0) is 44.0 Å². The first kappa shape index (κ1) is 21.6. The minimum Gasteiger partial charge on any atom is -0.461 e. The summed E-state index contributed by atoms with van der Waals surface area (Å²) in [4.78, 5) is 24.7. The van der Waals surface area contributed by atoms with Gasteiger partial charge < -0.3 is 10.1 Å². The molecule has 2 aromatic rings. The molecule has 1 fully saturated rings. The number of nitrogens with one attached hydrogen (secondary N) is 1. The quantitative estimate of drug-likeness (QED) is 0.660. The van der Waals surface area contributed by atoms with E-state index in [-0.39, 0.29) is 28.7 Å². The van der Waals surface area contributed by atoms with Crippen LogP contribution in [0.4, 0.5) is 5.00 Å². The van der Waals surface area contributed by atoms with Crippen molar-refractivity contribution in [1.82, 2.24) is 13.9 Å². The van der Waals surface area contributed by atoms with Crippen LogP contribution in [-0.2, 0) is 19.6 Å². The molecule has 1 aliphatic rings. The molecule has 1 saturated heterocycles. The van der Waals surface area contributed by atoms with Crippen molar-refractivity contribution in [3.8, 4) is 0 Å². The maximum Gasteiger partial charge on any atom is 0.362 e. The van der Waals surface area contributed by atoms with Gasteiger partial charge in [0, 0.05) is 29.6 Å². The van der Waals surface area contributed by atoms with Crippen molar-refractivity contribution in [3.63, 3.8) is 0 Å². The molecule has 2 heterocycles. The van der Waals surface area contributed by atoms with Crippen LogP contribution >= 0.6 is 23.1 Å². The Bertz CT molecular complexity index is 994. The van der Waals surface area contributed by atoms with E-state index in [9.17, 15) is 18.0 Å². The number of amides is 1. The Morgan fingerprint density at radius 3 is 2.76 bits per heavy atom. The second-order valence-electron chi connectivity index (χ2n) is 6.32. The number of carbonyl (C=O) groups excluding carboxylic acids is 2. The molecule has 0 spiro atoms. The van der Waals surface area contributed by atoms with Crippen molar-refractivity contribution in [3.05, 3.63) is 35.0 Å². The van der Waals surface area contributed by atoms with Gasteiger partial charge in [-0.2, -0.15) is 4.31 Å². The lowest BCUT2D eigenvalue weighted by molar-refractivity contribution is -0.120. The standard InChI is InChI=1S/C17H19ClN4O5S2/c1-2-27-17(24)14-16(28-21-20-14)19-15(23)11-4-3-9-22(10-11)29(25,26)13-7-5-12(18)6-8-13/h5-8,11H,2-4,9-10H2,1H3,(H,19,23). The van der Waals surface area contributed by atoms with Crippen molar-refractivity contribution in [1.29, 1.82) is 0 Å². The Morgan fingerprint density at radius 2 is 2.07 bits per heavy atom. The average molecular weight is 459 g/mol. The highest BCUT2D eigenvalue weighted by Gasteiger charge is 2.34. The Balaban J connectivity index is 1.71. The second kappa shape index (κ2) is 9.16. The van der Waals surface area contributed by atoms with Crippen molar-refractivity contribution in [2.75, 3.05) is 25.0 Å². The lowest BCUT2D eigenvalue weighted by Crippen LogP contribution is -2.43. The monoisotopic (exact) mass is 458 g/mol. The van der Waals surface area contributed by atoms with E-state index in [4.69, 9.17) is 16.3 Å². The van der Waals surface area contributed by atoms with Gasteiger partial charge in [-0.3, -0.25) is 4.79 Å². The summed E-state index contributed by atoms with van der Waals surface area (Å²) in [6.07, 6.45) is 1.07. The SMILES string of the molecule is CCOC(=O)c1nnsc1NC(=O)C1CCCN(S(=O)(=O)c2ccc(Cl)cc2)C1. The van der Waals surface area contributed by atoms with E-state index in [1.807, 2.05) is 0 Å². The van der Waals surface area contributed by atoms with Gasteiger partial charge >= 0.3 is 5.97 Å². The smallest absolute Gasteiger partial charge is 0.362 e. The zero-order chi connectivity index (χ0) is 21.0. The molecule has 0 bridgehead atoms. The maximum atomic E-state index is 12.9. The molecule has 0 aliphatic carbocycles. The zero-order valence-corrected chi connectivity index (χ0v) is 17.9. The molecule has 0 saturated carbocycles. The summed E-state index contributed by atoms with van der Waals surface area (Å²) in [5.74, 6) is -1.63. The van der Waals surface area contributed by atoms with Gasteiger partial charge in [0.2, 0.25) is 21.6 Å². The summed E-state index contributed by atoms with van der Waals surface area (Å²) < 4.78 is 35.6. The highest BCUT2D eigenvalue weighted by Crippen LogP contribution is 2.27. The molecule has 1 atom stereocenters. The summed E-state index contributed by atoms with van der Waals surface area (Å²) in [5, 5.41) is 6.96. The molecule has 0 radical (unpaired) electrons. The average Bonchev–Trinajstić information content (AvgIpc) is 3.17. The summed E-state index contributed by atoms with van der Waals surface area (Å²) in [5.41, 5.74) is -0.0633. The van der Waals surface area contributed by atoms with Crippen molar-refractivity contribution >= 4 is 50.0 Å². The number of ether oxygens (including phenoxy) is 1. The summed E-state index contributed by atoms with van der Waals surface area (Å²) >= 11 is 6.69. The number of carbonyl (C=O) groups is 2. The van der Waals surface area contributed by atoms with E-state index in [1.165, 1.54) is 28.6 Å². The first-order chi connectivity index (χ1) is 13.8. The summed E-state index contributed by atoms with van der Waals surface area (Å²) in [6.45, 7) is 2.19. The molecule has 9 nitrogen and oxygen atoms in total. The third-order valence-electron chi connectivity index (χ3n) is 4.40. The van der Waals surface area contributed by atoms with E-state index >= 15 is 0 Å². The van der Waals surface area contributed by atoms with Crippen molar-refractivity contribution in [2.24, 2.45) is 5.92 Å². The lowest BCUT2D eigenvalue weighted by Gasteiger charge is -2.31. The molecule has 1 aliphatic heterocycles. The molecular formula is C17H19ClN4O5S2. The Morgan fingerprint density at radius 1 is 1.34 bits per heavy atom. The number of nitrogens with zero attached hydrogens (tertiary/aromatic N) is 3. The number of sulfonamides is 1. The van der Waals surface area contributed by atoms with Gasteiger partial charge in [0.25, 0.3) is 0 Å². The fraction of sp³-hybridized carbons (Fsp3) is 0.412. The third kappa shape index (κ3) is 4.92. The van der Waals surface area contributed by atoms with Crippen LogP contribution in [0.2, 0.25) is 5.02 Å². The first-order valence-electron chi connectivity index (χ1n) is 8.89. The fourth-order valence-corrected chi connectivity index (χ4v) is 5.16. The summed E-state index contributed by atoms with van der Waals surface area (Å²) in [6, 6.07) is 5.90. The zero-order valence-electron chi connectivity index (χ0n) is 15.5. The van der Waals surface area contributed by atoms with Gasteiger partial charge in [0.1, 0.15) is 0 Å². The molecule has 1 aromatic heterocycles. The molecule has 156 valence electrons. The highest BCUT2D eigenvalue weighted by atomic mass is 35.5. The first-order valence-corrected chi connectivity index (χ1v) is 11.5. The van der Waals surface area contributed by atoms with E-state index < -0.39 is 27.8 Å². The van der Waals surface area contributed by atoms with Crippen LogP contribution in [0.15, 0.2) is 29.2 Å². The summed E-state index contributed by atoms with van der Waals surface area (Å²) in [7, 11) is -3.74. The van der Waals surface area contributed by atoms with Crippen LogP contribution in [-0.4, -0.2) is 53.9 Å². The lowest BCUT2D eigenvalue weighted by atomic mass is 9.99. The van der Waals surface area contributed by atoms with E-state index in [2.05, 4.69) is 14.9 Å². The van der Waals surface area contributed by atoms with E-state index in [0.29, 0.717) is 24.4 Å². The van der Waals surface area contributed by atoms with Crippen molar-refractivity contribution < 1.29 is 22.7 Å². The normalized spacial score (nSPS) is 17.7. The van der Waals surface area contributed by atoms with Gasteiger partial charge in [-0.15, -0.1) is 5.10 Å². The predicted octanol–water partition coefficient (Wildman–Crippen LogP) is 2.41. The Labute approximate surface area is 177 Å². The largest absolute Gasteiger partial charge is 0.461 e. The number of hydrogen-bond acceptors (Lipinski definition) is 8. The van der Waals surface area contributed by atoms with Gasteiger partial charge in [0.05, 0.1) is 17.4 Å². The molecule has 29 heavy (non-hydrogen) atoms. The number of rotatable bonds is 6. The molecule has 12 heteroatoms. The Hall–Kier alpha value is -2.08. The molecule has 1 N–H and O–H groups in total. The molecular weight excluding hydrogens is 440 g/mol. The third-order valence-corrected chi connectivity index (χ3v) is 7.17. The molecule has 1 aromatic carbocycles. The molecule has 3 rings (SSSR count). The molecule has 1 unspecified atom stereocenters. The topological polar surface area (TPSA) is 119 Å². The fourth-order valence-electron chi connectivity index (χ4n) is 2.95. The van der Waals surface area contributed by atoms with Crippen LogP contribution in [0.1, 0.15) is 30.3 Å². The number of aromatic nitrogens is 2. The number of hydrogen-bond donors (Lipinski definition) is 1. The Kier molecular flexibility index (Phi) is 6.83. The van der Waals surface area contributed by atoms with Crippen LogP contribution in [0, 0.1) is 5.92 Å². The number of anilines is 1. The number of esters is 1. The van der Waals surface area contributed by atoms with E-state index in [0.717, 1.165) is 11.5 Å². The predicted molar refractivity (Wildman–Crippen MR) is 107 cm³/mol. The second-order valence-corrected chi connectivity index (χ2v) is 9.45. The van der Waals surface area contributed by atoms with Gasteiger partial charge in [0.15, 0.2) is 5.00 Å². The number of benzene rings is 1.